The molecule has 2 heterocycles. The van der Waals surface area contributed by atoms with Crippen LogP contribution in [0.25, 0.3) is 0 Å². The molecular weight excluding hydrogens is 492 g/mol. The fourth-order valence-electron chi connectivity index (χ4n) is 3.12. The van der Waals surface area contributed by atoms with Crippen molar-refractivity contribution in [3.05, 3.63) is 94.7 Å². The highest BCUT2D eigenvalue weighted by molar-refractivity contribution is 7.92. The topological polar surface area (TPSA) is 123 Å². The van der Waals surface area contributed by atoms with Gasteiger partial charge < -0.3 is 14.5 Å². The van der Waals surface area contributed by atoms with Gasteiger partial charge >= 0.3 is 0 Å². The minimum absolute atomic E-state index is 0.00195. The van der Waals surface area contributed by atoms with Crippen molar-refractivity contribution in [2.75, 3.05) is 10.0 Å². The maximum Gasteiger partial charge on any atom is 0.291 e. The first kappa shape index (κ1) is 24.2. The molecule has 0 saturated heterocycles. The Morgan fingerprint density at radius 1 is 0.971 bits per heavy atom. The largest absolute Gasteiger partial charge is 0.486 e. The van der Waals surface area contributed by atoms with Crippen molar-refractivity contribution in [3.8, 4) is 5.75 Å². The number of furan rings is 1. The first-order valence-electron chi connectivity index (χ1n) is 10.4. The average Bonchev–Trinajstić information content (AvgIpc) is 3.27. The summed E-state index contributed by atoms with van der Waals surface area (Å²) in [6, 6.07) is 17.5. The minimum Gasteiger partial charge on any atom is -0.486 e. The standard InChI is InChI=1S/C24H21ClN4O5S/c1-15-13-16(2)27-24(26-15)29-35(31,32)21-10-5-18(6-11-21)28-23(30)22-12-9-20(34-22)14-33-19-7-3-17(25)4-8-19/h3-13H,14H2,1-2H3,(H,28,30)(H,26,27,29). The van der Waals surface area contributed by atoms with Gasteiger partial charge in [-0.25, -0.2) is 23.1 Å². The number of sulfonamides is 1. The molecule has 0 aliphatic rings. The highest BCUT2D eigenvalue weighted by Gasteiger charge is 2.17. The second-order valence-electron chi connectivity index (χ2n) is 7.57. The first-order chi connectivity index (χ1) is 16.7. The van der Waals surface area contributed by atoms with Crippen molar-refractivity contribution in [1.82, 2.24) is 9.97 Å². The smallest absolute Gasteiger partial charge is 0.291 e. The zero-order chi connectivity index (χ0) is 25.0. The zero-order valence-electron chi connectivity index (χ0n) is 18.8. The molecule has 0 bridgehead atoms. The third-order valence-corrected chi connectivity index (χ3v) is 6.31. The Hall–Kier alpha value is -3.89. The van der Waals surface area contributed by atoms with Gasteiger partial charge in [0.25, 0.3) is 15.9 Å². The van der Waals surface area contributed by atoms with Crippen LogP contribution >= 0.6 is 11.6 Å². The molecule has 0 fully saturated rings. The number of nitrogens with zero attached hydrogens (tertiary/aromatic N) is 2. The van der Waals surface area contributed by atoms with Crippen molar-refractivity contribution in [3.63, 3.8) is 0 Å². The Bertz CT molecular complexity index is 1430. The van der Waals surface area contributed by atoms with Gasteiger partial charge in [0.05, 0.1) is 4.90 Å². The van der Waals surface area contributed by atoms with E-state index in [4.69, 9.17) is 20.8 Å². The van der Waals surface area contributed by atoms with Crippen LogP contribution in [0.4, 0.5) is 11.6 Å². The molecular formula is C24H21ClN4O5S. The maximum absolute atomic E-state index is 12.7. The Morgan fingerprint density at radius 3 is 2.29 bits per heavy atom. The summed E-state index contributed by atoms with van der Waals surface area (Å²) in [6.07, 6.45) is 0. The average molecular weight is 513 g/mol. The fourth-order valence-corrected chi connectivity index (χ4v) is 4.19. The maximum atomic E-state index is 12.7. The van der Waals surface area contributed by atoms with Crippen LogP contribution in [0.2, 0.25) is 5.02 Å². The van der Waals surface area contributed by atoms with Crippen LogP contribution in [0.5, 0.6) is 5.75 Å². The number of hydrogen-bond donors (Lipinski definition) is 2. The molecule has 2 aromatic carbocycles. The third kappa shape index (κ3) is 6.37. The van der Waals surface area contributed by atoms with Crippen LogP contribution < -0.4 is 14.8 Å². The van der Waals surface area contributed by atoms with E-state index >= 15 is 0 Å². The number of amides is 1. The van der Waals surface area contributed by atoms with Crippen LogP contribution in [0, 0.1) is 13.8 Å². The third-order valence-electron chi connectivity index (χ3n) is 4.71. The summed E-state index contributed by atoms with van der Waals surface area (Å²) < 4.78 is 38.8. The molecule has 0 aliphatic heterocycles. The van der Waals surface area contributed by atoms with E-state index in [1.807, 2.05) is 0 Å². The highest BCUT2D eigenvalue weighted by Crippen LogP contribution is 2.20. The van der Waals surface area contributed by atoms with Crippen molar-refractivity contribution in [2.45, 2.75) is 25.3 Å². The number of aryl methyl sites for hydroxylation is 2. The monoisotopic (exact) mass is 512 g/mol. The van der Waals surface area contributed by atoms with E-state index in [-0.39, 0.29) is 23.2 Å². The molecule has 0 atom stereocenters. The van der Waals surface area contributed by atoms with E-state index in [1.54, 1.807) is 50.2 Å². The van der Waals surface area contributed by atoms with Gasteiger partial charge in [-0.3, -0.25) is 4.79 Å². The van der Waals surface area contributed by atoms with E-state index in [0.717, 1.165) is 0 Å². The number of nitrogens with one attached hydrogen (secondary N) is 2. The number of carbonyl (C=O) groups excluding carboxylic acids is 1. The predicted molar refractivity (Wildman–Crippen MR) is 131 cm³/mol. The Labute approximate surface area is 207 Å². The number of benzene rings is 2. The lowest BCUT2D eigenvalue weighted by molar-refractivity contribution is 0.0992. The van der Waals surface area contributed by atoms with E-state index < -0.39 is 15.9 Å². The van der Waals surface area contributed by atoms with Crippen molar-refractivity contribution >= 4 is 39.2 Å². The van der Waals surface area contributed by atoms with Gasteiger partial charge in [-0.1, -0.05) is 11.6 Å². The van der Waals surface area contributed by atoms with Gasteiger partial charge in [0.15, 0.2) is 5.76 Å². The van der Waals surface area contributed by atoms with Crippen LogP contribution in [-0.2, 0) is 16.6 Å². The van der Waals surface area contributed by atoms with Crippen molar-refractivity contribution in [2.24, 2.45) is 0 Å². The van der Waals surface area contributed by atoms with Crippen LogP contribution in [-0.4, -0.2) is 24.3 Å². The zero-order valence-corrected chi connectivity index (χ0v) is 20.4. The van der Waals surface area contributed by atoms with Gasteiger partial charge in [0.1, 0.15) is 18.1 Å². The van der Waals surface area contributed by atoms with Gasteiger partial charge in [0, 0.05) is 22.1 Å². The molecule has 0 spiro atoms. The number of halogens is 1. The minimum atomic E-state index is -3.90. The Kier molecular flexibility index (Phi) is 7.04. The summed E-state index contributed by atoms with van der Waals surface area (Å²) >= 11 is 5.85. The summed E-state index contributed by atoms with van der Waals surface area (Å²) in [5.41, 5.74) is 1.68. The molecule has 2 N–H and O–H groups in total. The quantitative estimate of drug-likeness (QED) is 0.341. The molecule has 35 heavy (non-hydrogen) atoms. The SMILES string of the molecule is Cc1cc(C)nc(NS(=O)(=O)c2ccc(NC(=O)c3ccc(COc4ccc(Cl)cc4)o3)cc2)n1. The molecule has 9 nitrogen and oxygen atoms in total. The fraction of sp³-hybridized carbons (Fsp3) is 0.125. The molecule has 180 valence electrons. The number of aromatic nitrogens is 2. The number of hydrogen-bond acceptors (Lipinski definition) is 7. The molecule has 0 unspecified atom stereocenters. The second kappa shape index (κ2) is 10.2. The number of rotatable bonds is 8. The molecule has 11 heteroatoms. The Balaban J connectivity index is 1.36. The molecule has 4 aromatic rings. The lowest BCUT2D eigenvalue weighted by Crippen LogP contribution is -2.16. The van der Waals surface area contributed by atoms with Crippen LogP contribution in [0.3, 0.4) is 0 Å². The molecule has 2 aromatic heterocycles. The summed E-state index contributed by atoms with van der Waals surface area (Å²) in [5, 5.41) is 3.27. The number of ether oxygens (including phenoxy) is 1. The predicted octanol–water partition coefficient (Wildman–Crippen LogP) is 4.97. The summed E-state index contributed by atoms with van der Waals surface area (Å²) in [6.45, 7) is 3.63. The number of anilines is 2. The van der Waals surface area contributed by atoms with Crippen molar-refractivity contribution in [1.29, 1.82) is 0 Å². The molecule has 1 amide bonds. The van der Waals surface area contributed by atoms with Gasteiger partial charge in [0.2, 0.25) is 5.95 Å². The van der Waals surface area contributed by atoms with E-state index in [9.17, 15) is 13.2 Å². The lowest BCUT2D eigenvalue weighted by Gasteiger charge is -2.09. The second-order valence-corrected chi connectivity index (χ2v) is 9.69. The highest BCUT2D eigenvalue weighted by atomic mass is 35.5. The van der Waals surface area contributed by atoms with E-state index in [1.165, 1.54) is 30.3 Å². The molecule has 0 saturated carbocycles. The lowest BCUT2D eigenvalue weighted by atomic mass is 10.3. The van der Waals surface area contributed by atoms with Crippen LogP contribution in [0.1, 0.15) is 27.7 Å². The van der Waals surface area contributed by atoms with Gasteiger partial charge in [-0.2, -0.15) is 0 Å². The van der Waals surface area contributed by atoms with E-state index in [2.05, 4.69) is 20.0 Å². The molecule has 0 radical (unpaired) electrons. The number of carbonyl (C=O) groups is 1. The normalized spacial score (nSPS) is 11.2. The van der Waals surface area contributed by atoms with E-state index in [0.29, 0.717) is 33.6 Å². The van der Waals surface area contributed by atoms with Crippen molar-refractivity contribution < 1.29 is 22.4 Å². The molecule has 0 aliphatic carbocycles. The summed E-state index contributed by atoms with van der Waals surface area (Å²) in [4.78, 5) is 20.7. The van der Waals surface area contributed by atoms with Gasteiger partial charge in [-0.05, 0) is 80.6 Å². The van der Waals surface area contributed by atoms with Crippen LogP contribution in [0.15, 0.2) is 76.0 Å². The summed E-state index contributed by atoms with van der Waals surface area (Å²) in [5.74, 6) is 0.676. The molecule has 4 rings (SSSR count). The Morgan fingerprint density at radius 2 is 1.63 bits per heavy atom. The summed E-state index contributed by atoms with van der Waals surface area (Å²) in [7, 11) is -3.90. The van der Waals surface area contributed by atoms with Gasteiger partial charge in [-0.15, -0.1) is 0 Å². The first-order valence-corrected chi connectivity index (χ1v) is 12.3.